The molecule has 6 nitrogen and oxygen atoms in total. The van der Waals surface area contributed by atoms with Gasteiger partial charge in [0.15, 0.2) is 5.82 Å². The molecule has 19 heavy (non-hydrogen) atoms. The summed E-state index contributed by atoms with van der Waals surface area (Å²) in [6.45, 7) is 9.01. The average molecular weight is 265 g/mol. The van der Waals surface area contributed by atoms with Gasteiger partial charge in [0, 0.05) is 12.6 Å². The molecule has 2 amide bonds. The van der Waals surface area contributed by atoms with Gasteiger partial charge in [-0.3, -0.25) is 5.32 Å². The van der Waals surface area contributed by atoms with Gasteiger partial charge in [0.2, 0.25) is 0 Å². The van der Waals surface area contributed by atoms with Gasteiger partial charge >= 0.3 is 6.03 Å². The fourth-order valence-electron chi connectivity index (χ4n) is 1.40. The molecule has 0 spiro atoms. The molecule has 0 saturated carbocycles. The normalized spacial score (nSPS) is 10.6. The summed E-state index contributed by atoms with van der Waals surface area (Å²) in [6.07, 6.45) is 1.08. The summed E-state index contributed by atoms with van der Waals surface area (Å²) < 4.78 is 0. The van der Waals surface area contributed by atoms with Crippen molar-refractivity contribution in [2.24, 2.45) is 5.92 Å². The molecule has 0 radical (unpaired) electrons. The summed E-state index contributed by atoms with van der Waals surface area (Å²) in [6, 6.07) is 3.35. The summed E-state index contributed by atoms with van der Waals surface area (Å²) in [5.74, 6) is 1.81. The zero-order valence-electron chi connectivity index (χ0n) is 12.0. The second kappa shape index (κ2) is 7.56. The molecule has 1 aromatic heterocycles. The topological polar surface area (TPSA) is 78.9 Å². The van der Waals surface area contributed by atoms with Gasteiger partial charge in [0.05, 0.1) is 0 Å². The minimum Gasteiger partial charge on any atom is -0.369 e. The Labute approximate surface area is 114 Å². The standard InChI is InChI=1S/C13H23N5O/c1-9(2)7-8-14-11-5-6-12(18-17-11)16-13(19)15-10(3)4/h5-6,9-10H,7-8H2,1-4H3,(H,14,17)(H2,15,16,18,19). The molecule has 1 rings (SSSR count). The molecule has 6 heteroatoms. The Morgan fingerprint density at radius 2 is 1.79 bits per heavy atom. The summed E-state index contributed by atoms with van der Waals surface area (Å²) >= 11 is 0. The van der Waals surface area contributed by atoms with E-state index in [4.69, 9.17) is 0 Å². The van der Waals surface area contributed by atoms with Crippen LogP contribution in [0, 0.1) is 5.92 Å². The van der Waals surface area contributed by atoms with Gasteiger partial charge < -0.3 is 10.6 Å². The highest BCUT2D eigenvalue weighted by molar-refractivity contribution is 5.88. The number of carbonyl (C=O) groups excluding carboxylic acids is 1. The van der Waals surface area contributed by atoms with Gasteiger partial charge in [-0.05, 0) is 38.3 Å². The Kier molecular flexibility index (Phi) is 6.05. The van der Waals surface area contributed by atoms with Gasteiger partial charge in [-0.2, -0.15) is 0 Å². The third kappa shape index (κ3) is 6.59. The fraction of sp³-hybridized carbons (Fsp3) is 0.615. The molecule has 0 aliphatic rings. The first-order valence-electron chi connectivity index (χ1n) is 6.62. The van der Waals surface area contributed by atoms with E-state index in [2.05, 4.69) is 40.0 Å². The van der Waals surface area contributed by atoms with E-state index >= 15 is 0 Å². The van der Waals surface area contributed by atoms with Crippen molar-refractivity contribution in [3.8, 4) is 0 Å². The van der Waals surface area contributed by atoms with E-state index in [9.17, 15) is 4.79 Å². The van der Waals surface area contributed by atoms with Gasteiger partial charge in [-0.25, -0.2) is 4.79 Å². The highest BCUT2D eigenvalue weighted by Gasteiger charge is 2.04. The molecule has 0 aromatic carbocycles. The first-order valence-corrected chi connectivity index (χ1v) is 6.62. The van der Waals surface area contributed by atoms with Crippen LogP contribution in [0.5, 0.6) is 0 Å². The van der Waals surface area contributed by atoms with Crippen LogP contribution in [0.25, 0.3) is 0 Å². The third-order valence-electron chi connectivity index (χ3n) is 2.35. The minimum atomic E-state index is -0.273. The molecule has 0 aliphatic carbocycles. The third-order valence-corrected chi connectivity index (χ3v) is 2.35. The lowest BCUT2D eigenvalue weighted by Crippen LogP contribution is -2.34. The molecule has 0 atom stereocenters. The van der Waals surface area contributed by atoms with Crippen LogP contribution in [0.2, 0.25) is 0 Å². The number of hydrogen-bond acceptors (Lipinski definition) is 4. The van der Waals surface area contributed by atoms with Crippen molar-refractivity contribution in [3.63, 3.8) is 0 Å². The van der Waals surface area contributed by atoms with E-state index in [1.807, 2.05) is 13.8 Å². The van der Waals surface area contributed by atoms with Crippen molar-refractivity contribution < 1.29 is 4.79 Å². The molecule has 106 valence electrons. The van der Waals surface area contributed by atoms with Crippen LogP contribution in [-0.2, 0) is 0 Å². The molecule has 0 fully saturated rings. The average Bonchev–Trinajstić information content (AvgIpc) is 2.29. The van der Waals surface area contributed by atoms with E-state index < -0.39 is 0 Å². The van der Waals surface area contributed by atoms with E-state index in [1.165, 1.54) is 0 Å². The molecule has 1 heterocycles. The number of hydrogen-bond donors (Lipinski definition) is 3. The fourth-order valence-corrected chi connectivity index (χ4v) is 1.40. The van der Waals surface area contributed by atoms with Crippen LogP contribution in [0.1, 0.15) is 34.1 Å². The Balaban J connectivity index is 2.41. The van der Waals surface area contributed by atoms with Gasteiger partial charge in [-0.1, -0.05) is 13.8 Å². The molecular formula is C13H23N5O. The van der Waals surface area contributed by atoms with E-state index in [0.29, 0.717) is 11.7 Å². The second-order valence-electron chi connectivity index (χ2n) is 5.17. The lowest BCUT2D eigenvalue weighted by atomic mass is 10.1. The first kappa shape index (κ1) is 15.2. The maximum Gasteiger partial charge on any atom is 0.320 e. The molecule has 1 aromatic rings. The lowest BCUT2D eigenvalue weighted by molar-refractivity contribution is 0.250. The SMILES string of the molecule is CC(C)CCNc1ccc(NC(=O)NC(C)C)nn1. The van der Waals surface area contributed by atoms with Gasteiger partial charge in [-0.15, -0.1) is 10.2 Å². The lowest BCUT2D eigenvalue weighted by Gasteiger charge is -2.10. The largest absolute Gasteiger partial charge is 0.369 e. The number of amides is 2. The summed E-state index contributed by atoms with van der Waals surface area (Å²) in [4.78, 5) is 11.4. The van der Waals surface area contributed by atoms with Crippen molar-refractivity contribution >= 4 is 17.7 Å². The number of aromatic nitrogens is 2. The summed E-state index contributed by atoms with van der Waals surface area (Å²) in [5, 5.41) is 16.5. The monoisotopic (exact) mass is 265 g/mol. The van der Waals surface area contributed by atoms with Crippen molar-refractivity contribution in [3.05, 3.63) is 12.1 Å². The second-order valence-corrected chi connectivity index (χ2v) is 5.17. The van der Waals surface area contributed by atoms with Crippen LogP contribution in [0.3, 0.4) is 0 Å². The van der Waals surface area contributed by atoms with Crippen LogP contribution in [0.4, 0.5) is 16.4 Å². The predicted molar refractivity (Wildman–Crippen MR) is 77.3 cm³/mol. The maximum absolute atomic E-state index is 11.4. The van der Waals surface area contributed by atoms with Gasteiger partial charge in [0.1, 0.15) is 5.82 Å². The van der Waals surface area contributed by atoms with Crippen molar-refractivity contribution in [2.45, 2.75) is 40.2 Å². The minimum absolute atomic E-state index is 0.0879. The highest BCUT2D eigenvalue weighted by Crippen LogP contribution is 2.07. The zero-order chi connectivity index (χ0) is 14.3. The Hall–Kier alpha value is -1.85. The van der Waals surface area contributed by atoms with Crippen molar-refractivity contribution in [1.29, 1.82) is 0 Å². The Bertz CT molecular complexity index is 389. The van der Waals surface area contributed by atoms with E-state index in [1.54, 1.807) is 12.1 Å². The van der Waals surface area contributed by atoms with Gasteiger partial charge in [0.25, 0.3) is 0 Å². The summed E-state index contributed by atoms with van der Waals surface area (Å²) in [7, 11) is 0. The number of nitrogens with zero attached hydrogens (tertiary/aromatic N) is 2. The van der Waals surface area contributed by atoms with Crippen LogP contribution < -0.4 is 16.0 Å². The van der Waals surface area contributed by atoms with E-state index in [0.717, 1.165) is 18.8 Å². The maximum atomic E-state index is 11.4. The number of carbonyl (C=O) groups is 1. The molecule has 0 aliphatic heterocycles. The van der Waals surface area contributed by atoms with Crippen molar-refractivity contribution in [1.82, 2.24) is 15.5 Å². The smallest absolute Gasteiger partial charge is 0.320 e. The molecule has 3 N–H and O–H groups in total. The number of rotatable bonds is 6. The number of urea groups is 1. The number of anilines is 2. The van der Waals surface area contributed by atoms with Crippen molar-refractivity contribution in [2.75, 3.05) is 17.2 Å². The van der Waals surface area contributed by atoms with Crippen LogP contribution in [-0.4, -0.2) is 28.8 Å². The van der Waals surface area contributed by atoms with Crippen LogP contribution >= 0.6 is 0 Å². The highest BCUT2D eigenvalue weighted by atomic mass is 16.2. The molecular weight excluding hydrogens is 242 g/mol. The Morgan fingerprint density at radius 3 is 2.32 bits per heavy atom. The first-order chi connectivity index (χ1) is 8.97. The molecule has 0 saturated heterocycles. The Morgan fingerprint density at radius 1 is 1.16 bits per heavy atom. The quantitative estimate of drug-likeness (QED) is 0.738. The predicted octanol–water partition coefficient (Wildman–Crippen LogP) is 2.46. The van der Waals surface area contributed by atoms with E-state index in [-0.39, 0.29) is 12.1 Å². The number of nitrogens with one attached hydrogen (secondary N) is 3. The molecule has 0 unspecified atom stereocenters. The zero-order valence-corrected chi connectivity index (χ0v) is 12.0. The van der Waals surface area contributed by atoms with Crippen LogP contribution in [0.15, 0.2) is 12.1 Å². The molecule has 0 bridgehead atoms. The summed E-state index contributed by atoms with van der Waals surface area (Å²) in [5.41, 5.74) is 0.